The summed E-state index contributed by atoms with van der Waals surface area (Å²) in [6.07, 6.45) is 0. The van der Waals surface area contributed by atoms with Crippen LogP contribution in [0.3, 0.4) is 0 Å². The van der Waals surface area contributed by atoms with Gasteiger partial charge in [0, 0.05) is 17.1 Å². The normalized spacial score (nSPS) is 16.9. The number of halogens is 1. The highest BCUT2D eigenvalue weighted by Crippen LogP contribution is 2.27. The number of aromatic nitrogens is 2. The minimum Gasteiger partial charge on any atom is -0.465 e. The van der Waals surface area contributed by atoms with E-state index in [0.29, 0.717) is 29.6 Å². The van der Waals surface area contributed by atoms with Crippen LogP contribution in [0.25, 0.3) is 11.3 Å². The van der Waals surface area contributed by atoms with E-state index in [1.54, 1.807) is 29.8 Å². The Bertz CT molecular complexity index is 770. The molecule has 2 heterocycles. The summed E-state index contributed by atoms with van der Waals surface area (Å²) in [5.41, 5.74) is 2.07. The van der Waals surface area contributed by atoms with Crippen molar-refractivity contribution in [3.05, 3.63) is 41.0 Å². The third kappa shape index (κ3) is 3.14. The van der Waals surface area contributed by atoms with Crippen LogP contribution in [-0.2, 0) is 9.53 Å². The Hall–Kier alpha value is -2.34. The van der Waals surface area contributed by atoms with Crippen molar-refractivity contribution in [1.82, 2.24) is 14.7 Å². The molecule has 7 heteroatoms. The van der Waals surface area contributed by atoms with Gasteiger partial charge in [0.1, 0.15) is 12.2 Å². The first-order chi connectivity index (χ1) is 11.5. The number of hydrogen-bond donors (Lipinski definition) is 0. The molecule has 0 unspecified atom stereocenters. The van der Waals surface area contributed by atoms with Gasteiger partial charge in [0.2, 0.25) is 0 Å². The zero-order valence-electron chi connectivity index (χ0n) is 13.5. The average molecular weight is 348 g/mol. The Balaban J connectivity index is 1.88. The van der Waals surface area contributed by atoms with Crippen molar-refractivity contribution >= 4 is 23.5 Å². The highest BCUT2D eigenvalue weighted by molar-refractivity contribution is 6.30. The molecule has 0 spiro atoms. The monoisotopic (exact) mass is 347 g/mol. The van der Waals surface area contributed by atoms with E-state index in [0.717, 1.165) is 5.56 Å². The second-order valence-corrected chi connectivity index (χ2v) is 6.14. The number of benzene rings is 1. The Morgan fingerprint density at radius 3 is 2.75 bits per heavy atom. The van der Waals surface area contributed by atoms with Crippen molar-refractivity contribution in [3.8, 4) is 11.3 Å². The molecule has 1 atom stereocenters. The number of ether oxygens (including phenoxy) is 1. The fourth-order valence-corrected chi connectivity index (χ4v) is 2.92. The van der Waals surface area contributed by atoms with Gasteiger partial charge in [-0.2, -0.15) is 5.10 Å². The smallest absolute Gasteiger partial charge is 0.325 e. The molecule has 1 aliphatic rings. The zero-order chi connectivity index (χ0) is 17.3. The SMILES string of the molecule is CCOC(=O)CN1C[C@@H](C)n2nc(-c3ccc(Cl)cc3)cc2C1=O. The van der Waals surface area contributed by atoms with E-state index in [4.69, 9.17) is 16.3 Å². The summed E-state index contributed by atoms with van der Waals surface area (Å²) in [5, 5.41) is 5.19. The maximum Gasteiger partial charge on any atom is 0.325 e. The van der Waals surface area contributed by atoms with E-state index in [1.165, 1.54) is 4.90 Å². The standard InChI is InChI=1S/C17H18ClN3O3/c1-3-24-16(22)10-20-9-11(2)21-15(17(20)23)8-14(19-21)12-4-6-13(18)7-5-12/h4-8,11H,3,9-10H2,1-2H3/t11-/m1/s1. The van der Waals surface area contributed by atoms with Crippen molar-refractivity contribution in [2.75, 3.05) is 19.7 Å². The molecule has 1 aromatic heterocycles. The fourth-order valence-electron chi connectivity index (χ4n) is 2.79. The lowest BCUT2D eigenvalue weighted by atomic mass is 10.1. The van der Waals surface area contributed by atoms with Gasteiger partial charge in [-0.05, 0) is 32.0 Å². The topological polar surface area (TPSA) is 64.4 Å². The van der Waals surface area contributed by atoms with Crippen LogP contribution in [-0.4, -0.2) is 46.3 Å². The van der Waals surface area contributed by atoms with Gasteiger partial charge < -0.3 is 9.64 Å². The van der Waals surface area contributed by atoms with Gasteiger partial charge in [0.15, 0.2) is 0 Å². The molecule has 0 aliphatic carbocycles. The summed E-state index contributed by atoms with van der Waals surface area (Å²) in [5.74, 6) is -0.613. The molecule has 1 amide bonds. The maximum atomic E-state index is 12.6. The van der Waals surface area contributed by atoms with Crippen LogP contribution >= 0.6 is 11.6 Å². The minimum atomic E-state index is -0.399. The van der Waals surface area contributed by atoms with Gasteiger partial charge in [-0.1, -0.05) is 23.7 Å². The van der Waals surface area contributed by atoms with Crippen LogP contribution in [0.2, 0.25) is 5.02 Å². The molecule has 0 saturated heterocycles. The second-order valence-electron chi connectivity index (χ2n) is 5.71. The number of nitrogens with zero attached hydrogens (tertiary/aromatic N) is 3. The van der Waals surface area contributed by atoms with Gasteiger partial charge in [0.25, 0.3) is 5.91 Å². The molecule has 0 N–H and O–H groups in total. The summed E-state index contributed by atoms with van der Waals surface area (Å²) in [4.78, 5) is 25.8. The van der Waals surface area contributed by atoms with Crippen LogP contribution in [0.4, 0.5) is 0 Å². The van der Waals surface area contributed by atoms with E-state index in [1.807, 2.05) is 19.1 Å². The number of amides is 1. The van der Waals surface area contributed by atoms with Crippen molar-refractivity contribution in [1.29, 1.82) is 0 Å². The largest absolute Gasteiger partial charge is 0.465 e. The molecule has 126 valence electrons. The summed E-state index contributed by atoms with van der Waals surface area (Å²) in [6.45, 7) is 4.39. The van der Waals surface area contributed by atoms with E-state index in [-0.39, 0.29) is 18.5 Å². The molecule has 1 aliphatic heterocycles. The van der Waals surface area contributed by atoms with Crippen molar-refractivity contribution in [2.24, 2.45) is 0 Å². The average Bonchev–Trinajstić information content (AvgIpc) is 2.99. The highest BCUT2D eigenvalue weighted by Gasteiger charge is 2.32. The minimum absolute atomic E-state index is 0.0202. The quantitative estimate of drug-likeness (QED) is 0.798. The van der Waals surface area contributed by atoms with E-state index < -0.39 is 5.97 Å². The van der Waals surface area contributed by atoms with Gasteiger partial charge in [-0.3, -0.25) is 14.3 Å². The van der Waals surface area contributed by atoms with Gasteiger partial charge in [0.05, 0.1) is 18.3 Å². The van der Waals surface area contributed by atoms with Gasteiger partial charge in [-0.15, -0.1) is 0 Å². The Kier molecular flexibility index (Phi) is 4.57. The van der Waals surface area contributed by atoms with Gasteiger partial charge >= 0.3 is 5.97 Å². The first kappa shape index (κ1) is 16.5. The zero-order valence-corrected chi connectivity index (χ0v) is 14.3. The number of esters is 1. The lowest BCUT2D eigenvalue weighted by Gasteiger charge is -2.30. The third-order valence-corrected chi connectivity index (χ3v) is 4.16. The van der Waals surface area contributed by atoms with Crippen LogP contribution in [0.15, 0.2) is 30.3 Å². The molecule has 0 fully saturated rings. The van der Waals surface area contributed by atoms with E-state index in [9.17, 15) is 9.59 Å². The molecule has 1 aromatic carbocycles. The maximum absolute atomic E-state index is 12.6. The van der Waals surface area contributed by atoms with E-state index >= 15 is 0 Å². The predicted octanol–water partition coefficient (Wildman–Crippen LogP) is 2.78. The molecular weight excluding hydrogens is 330 g/mol. The number of rotatable bonds is 4. The number of hydrogen-bond acceptors (Lipinski definition) is 4. The van der Waals surface area contributed by atoms with Crippen LogP contribution in [0.1, 0.15) is 30.4 Å². The van der Waals surface area contributed by atoms with Crippen molar-refractivity contribution < 1.29 is 14.3 Å². The summed E-state index contributed by atoms with van der Waals surface area (Å²) in [7, 11) is 0. The molecule has 6 nitrogen and oxygen atoms in total. The molecule has 2 aromatic rings. The molecular formula is C17H18ClN3O3. The van der Waals surface area contributed by atoms with E-state index in [2.05, 4.69) is 5.10 Å². The van der Waals surface area contributed by atoms with Gasteiger partial charge in [-0.25, -0.2) is 0 Å². The molecule has 24 heavy (non-hydrogen) atoms. The van der Waals surface area contributed by atoms with Crippen LogP contribution in [0, 0.1) is 0 Å². The Labute approximate surface area is 145 Å². The third-order valence-electron chi connectivity index (χ3n) is 3.91. The molecule has 0 radical (unpaired) electrons. The number of fused-ring (bicyclic) bond motifs is 1. The first-order valence-corrected chi connectivity index (χ1v) is 8.17. The fraction of sp³-hybridized carbons (Fsp3) is 0.353. The summed E-state index contributed by atoms with van der Waals surface area (Å²) in [6, 6.07) is 9.03. The number of carbonyl (C=O) groups is 2. The van der Waals surface area contributed by atoms with Crippen molar-refractivity contribution in [2.45, 2.75) is 19.9 Å². The first-order valence-electron chi connectivity index (χ1n) is 7.80. The molecule has 0 bridgehead atoms. The van der Waals surface area contributed by atoms with Crippen LogP contribution in [0.5, 0.6) is 0 Å². The Morgan fingerprint density at radius 1 is 1.38 bits per heavy atom. The molecule has 0 saturated carbocycles. The summed E-state index contributed by atoms with van der Waals surface area (Å²) >= 11 is 5.91. The second kappa shape index (κ2) is 6.65. The molecule has 3 rings (SSSR count). The number of carbonyl (C=O) groups excluding carboxylic acids is 2. The lowest BCUT2D eigenvalue weighted by Crippen LogP contribution is -2.45. The van der Waals surface area contributed by atoms with Crippen LogP contribution < -0.4 is 0 Å². The summed E-state index contributed by atoms with van der Waals surface area (Å²) < 4.78 is 6.65. The van der Waals surface area contributed by atoms with Crippen molar-refractivity contribution in [3.63, 3.8) is 0 Å². The Morgan fingerprint density at radius 2 is 2.08 bits per heavy atom. The predicted molar refractivity (Wildman–Crippen MR) is 89.9 cm³/mol. The highest BCUT2D eigenvalue weighted by atomic mass is 35.5. The lowest BCUT2D eigenvalue weighted by molar-refractivity contribution is -0.144.